The van der Waals surface area contributed by atoms with E-state index in [9.17, 15) is 4.79 Å². The van der Waals surface area contributed by atoms with E-state index in [-0.39, 0.29) is 11.4 Å². The van der Waals surface area contributed by atoms with E-state index < -0.39 is 0 Å². The Hall–Kier alpha value is -0.570. The van der Waals surface area contributed by atoms with Gasteiger partial charge in [0, 0.05) is 6.42 Å². The fourth-order valence-corrected chi connectivity index (χ4v) is 0.318. The molecule has 0 aliphatic carbocycles. The van der Waals surface area contributed by atoms with Crippen LogP contribution in [0.15, 0.2) is 0 Å². The van der Waals surface area contributed by atoms with Crippen LogP contribution in [0.1, 0.15) is 26.7 Å². The largest absolute Gasteiger partial charge is 0.466 e. The van der Waals surface area contributed by atoms with Crippen LogP contribution in [-0.4, -0.2) is 18.1 Å². The molecule has 0 saturated carbocycles. The highest BCUT2D eigenvalue weighted by atomic mass is 16.5. The van der Waals surface area contributed by atoms with E-state index in [0.717, 1.165) is 6.42 Å². The zero-order valence-corrected chi connectivity index (χ0v) is 5.94. The summed E-state index contributed by atoms with van der Waals surface area (Å²) in [7, 11) is 0. The molecule has 0 aromatic rings. The fraction of sp³-hybridized carbons (Fsp3) is 0.833. The lowest BCUT2D eigenvalue weighted by Crippen LogP contribution is -2.02. The molecular formula is C6H14O3. The molecule has 0 fully saturated rings. The molecule has 0 amide bonds. The molecule has 0 spiro atoms. The van der Waals surface area contributed by atoms with Crippen LogP contribution in [0.4, 0.5) is 0 Å². The molecule has 0 aliphatic rings. The molecule has 0 heterocycles. The minimum atomic E-state index is -0.105. The number of carbonyl (C=O) groups excluding carboxylic acids is 1. The van der Waals surface area contributed by atoms with Crippen molar-refractivity contribution in [2.24, 2.45) is 0 Å². The highest BCUT2D eigenvalue weighted by Crippen LogP contribution is 1.85. The second-order valence-electron chi connectivity index (χ2n) is 1.57. The molecule has 56 valence electrons. The highest BCUT2D eigenvalue weighted by Gasteiger charge is 1.93. The van der Waals surface area contributed by atoms with E-state index in [1.165, 1.54) is 0 Å². The van der Waals surface area contributed by atoms with Gasteiger partial charge in [-0.3, -0.25) is 4.79 Å². The van der Waals surface area contributed by atoms with Crippen LogP contribution in [0.3, 0.4) is 0 Å². The van der Waals surface area contributed by atoms with Crippen LogP contribution < -0.4 is 0 Å². The Labute approximate surface area is 55.3 Å². The predicted molar refractivity (Wildman–Crippen MR) is 35.2 cm³/mol. The van der Waals surface area contributed by atoms with Crippen molar-refractivity contribution in [3.8, 4) is 0 Å². The van der Waals surface area contributed by atoms with Gasteiger partial charge < -0.3 is 10.2 Å². The van der Waals surface area contributed by atoms with Crippen molar-refractivity contribution >= 4 is 5.97 Å². The summed E-state index contributed by atoms with van der Waals surface area (Å²) in [5, 5.41) is 0. The van der Waals surface area contributed by atoms with Gasteiger partial charge in [-0.1, -0.05) is 13.8 Å². The topological polar surface area (TPSA) is 57.8 Å². The van der Waals surface area contributed by atoms with Gasteiger partial charge in [0.2, 0.25) is 0 Å². The number of rotatable bonds is 3. The second-order valence-corrected chi connectivity index (χ2v) is 1.57. The summed E-state index contributed by atoms with van der Waals surface area (Å²) in [4.78, 5) is 10.3. The maximum atomic E-state index is 10.3. The van der Waals surface area contributed by atoms with Gasteiger partial charge in [-0.25, -0.2) is 0 Å². The first kappa shape index (κ1) is 11.3. The van der Waals surface area contributed by atoms with E-state index >= 15 is 0 Å². The molecule has 0 rings (SSSR count). The van der Waals surface area contributed by atoms with Gasteiger partial charge in [0.1, 0.15) is 0 Å². The zero-order valence-electron chi connectivity index (χ0n) is 5.94. The fourth-order valence-electron chi connectivity index (χ4n) is 0.318. The Morgan fingerprint density at radius 2 is 2.00 bits per heavy atom. The molecule has 3 nitrogen and oxygen atoms in total. The van der Waals surface area contributed by atoms with Gasteiger partial charge in [-0.05, 0) is 6.42 Å². The molecule has 0 aliphatic heterocycles. The maximum absolute atomic E-state index is 10.3. The lowest BCUT2D eigenvalue weighted by Gasteiger charge is -1.97. The number of ether oxygens (including phenoxy) is 1. The number of carbonyl (C=O) groups is 1. The molecule has 0 bridgehead atoms. The van der Waals surface area contributed by atoms with Gasteiger partial charge >= 0.3 is 5.97 Å². The number of hydrogen-bond acceptors (Lipinski definition) is 2. The minimum absolute atomic E-state index is 0. The SMILES string of the molecule is CCCOC(=O)CC.O. The van der Waals surface area contributed by atoms with E-state index in [1.807, 2.05) is 6.92 Å². The smallest absolute Gasteiger partial charge is 0.305 e. The lowest BCUT2D eigenvalue weighted by molar-refractivity contribution is -0.143. The summed E-state index contributed by atoms with van der Waals surface area (Å²) in [5.41, 5.74) is 0. The average molecular weight is 134 g/mol. The molecule has 0 atom stereocenters. The van der Waals surface area contributed by atoms with Gasteiger partial charge in [-0.15, -0.1) is 0 Å². The van der Waals surface area contributed by atoms with Crippen molar-refractivity contribution in [1.82, 2.24) is 0 Å². The maximum Gasteiger partial charge on any atom is 0.305 e. The Kier molecular flexibility index (Phi) is 9.29. The summed E-state index contributed by atoms with van der Waals surface area (Å²) in [6, 6.07) is 0. The summed E-state index contributed by atoms with van der Waals surface area (Å²) in [6.07, 6.45) is 1.39. The molecule has 0 radical (unpaired) electrons. The van der Waals surface area contributed by atoms with Crippen LogP contribution in [0.5, 0.6) is 0 Å². The summed E-state index contributed by atoms with van der Waals surface area (Å²) in [5.74, 6) is -0.105. The molecule has 0 aromatic carbocycles. The van der Waals surface area contributed by atoms with Gasteiger partial charge in [0.25, 0.3) is 0 Å². The first-order valence-electron chi connectivity index (χ1n) is 2.96. The Bertz CT molecular complexity index is 70.7. The third kappa shape index (κ3) is 7.43. The van der Waals surface area contributed by atoms with Gasteiger partial charge in [0.05, 0.1) is 6.61 Å². The molecular weight excluding hydrogens is 120 g/mol. The van der Waals surface area contributed by atoms with Crippen LogP contribution in [-0.2, 0) is 9.53 Å². The van der Waals surface area contributed by atoms with E-state index in [2.05, 4.69) is 0 Å². The standard InChI is InChI=1S/C6H12O2.H2O/c1-3-5-8-6(7)4-2;/h3-5H2,1-2H3;1H2. The van der Waals surface area contributed by atoms with Gasteiger partial charge in [0.15, 0.2) is 0 Å². The van der Waals surface area contributed by atoms with Crippen molar-refractivity contribution in [2.45, 2.75) is 26.7 Å². The third-order valence-electron chi connectivity index (χ3n) is 0.756. The van der Waals surface area contributed by atoms with Crippen molar-refractivity contribution in [3.63, 3.8) is 0 Å². The van der Waals surface area contributed by atoms with Crippen molar-refractivity contribution in [3.05, 3.63) is 0 Å². The monoisotopic (exact) mass is 134 g/mol. The van der Waals surface area contributed by atoms with Crippen LogP contribution in [0, 0.1) is 0 Å². The second kappa shape index (κ2) is 7.43. The predicted octanol–water partition coefficient (Wildman–Crippen LogP) is 0.525. The number of esters is 1. The van der Waals surface area contributed by atoms with Crippen LogP contribution >= 0.6 is 0 Å². The zero-order chi connectivity index (χ0) is 6.41. The Morgan fingerprint density at radius 1 is 1.44 bits per heavy atom. The van der Waals surface area contributed by atoms with Crippen molar-refractivity contribution < 1.29 is 15.0 Å². The summed E-state index contributed by atoms with van der Waals surface area (Å²) >= 11 is 0. The molecule has 0 aromatic heterocycles. The quantitative estimate of drug-likeness (QED) is 0.528. The lowest BCUT2D eigenvalue weighted by atomic mass is 10.5. The van der Waals surface area contributed by atoms with Crippen LogP contribution in [0.25, 0.3) is 0 Å². The molecule has 0 saturated heterocycles. The minimum Gasteiger partial charge on any atom is -0.466 e. The normalized spacial score (nSPS) is 7.78. The van der Waals surface area contributed by atoms with E-state index in [1.54, 1.807) is 6.92 Å². The van der Waals surface area contributed by atoms with Crippen LogP contribution in [0.2, 0.25) is 0 Å². The Balaban J connectivity index is 0. The van der Waals surface area contributed by atoms with Crippen molar-refractivity contribution in [1.29, 1.82) is 0 Å². The van der Waals surface area contributed by atoms with E-state index in [0.29, 0.717) is 13.0 Å². The summed E-state index contributed by atoms with van der Waals surface area (Å²) < 4.78 is 4.70. The van der Waals surface area contributed by atoms with Crippen molar-refractivity contribution in [2.75, 3.05) is 6.61 Å². The highest BCUT2D eigenvalue weighted by molar-refractivity contribution is 5.68. The van der Waals surface area contributed by atoms with E-state index in [4.69, 9.17) is 4.74 Å². The molecule has 9 heavy (non-hydrogen) atoms. The molecule has 2 N–H and O–H groups in total. The Morgan fingerprint density at radius 3 is 2.33 bits per heavy atom. The molecule has 3 heteroatoms. The average Bonchev–Trinajstić information content (AvgIpc) is 1.83. The van der Waals surface area contributed by atoms with Gasteiger partial charge in [-0.2, -0.15) is 0 Å². The molecule has 0 unspecified atom stereocenters. The third-order valence-corrected chi connectivity index (χ3v) is 0.756. The summed E-state index contributed by atoms with van der Waals surface area (Å²) in [6.45, 7) is 4.33. The first-order valence-corrected chi connectivity index (χ1v) is 2.96. The number of hydrogen-bond donors (Lipinski definition) is 0. The first-order chi connectivity index (χ1) is 3.81.